The third-order valence-electron chi connectivity index (χ3n) is 4.49. The average Bonchev–Trinajstić information content (AvgIpc) is 2.98. The van der Waals surface area contributed by atoms with E-state index in [4.69, 9.17) is 4.74 Å². The van der Waals surface area contributed by atoms with E-state index in [0.29, 0.717) is 11.9 Å². The molecule has 23 heavy (non-hydrogen) atoms. The third kappa shape index (κ3) is 3.13. The predicted octanol–water partition coefficient (Wildman–Crippen LogP) is 1.73. The largest absolute Gasteiger partial charge is 0.371 e. The Morgan fingerprint density at radius 3 is 2.83 bits per heavy atom. The number of nitrogens with one attached hydrogen (secondary N) is 1. The van der Waals surface area contributed by atoms with Crippen LogP contribution in [-0.2, 0) is 4.74 Å². The van der Waals surface area contributed by atoms with Crippen molar-refractivity contribution >= 4 is 22.4 Å². The Morgan fingerprint density at radius 2 is 2.17 bits per heavy atom. The quantitative estimate of drug-likeness (QED) is 0.914. The van der Waals surface area contributed by atoms with Gasteiger partial charge >= 0.3 is 0 Å². The molecule has 0 aromatic carbocycles. The summed E-state index contributed by atoms with van der Waals surface area (Å²) in [5, 5.41) is 13.6. The Morgan fingerprint density at radius 1 is 1.35 bits per heavy atom. The van der Waals surface area contributed by atoms with Gasteiger partial charge in [0.25, 0.3) is 0 Å². The first-order valence-electron chi connectivity index (χ1n) is 7.92. The van der Waals surface area contributed by atoms with E-state index in [0.717, 1.165) is 42.8 Å². The highest BCUT2D eigenvalue weighted by Gasteiger charge is 2.47. The minimum atomic E-state index is 0.0271. The highest BCUT2D eigenvalue weighted by molar-refractivity contribution is 7.15. The van der Waals surface area contributed by atoms with Crippen LogP contribution in [0.3, 0.4) is 0 Å². The summed E-state index contributed by atoms with van der Waals surface area (Å²) in [5.41, 5.74) is 0.0271. The van der Waals surface area contributed by atoms with Crippen molar-refractivity contribution in [2.24, 2.45) is 5.92 Å². The predicted molar refractivity (Wildman–Crippen MR) is 88.8 cm³/mol. The maximum atomic E-state index is 6.19. The number of nitrogens with zero attached hydrogens (tertiary/aromatic N) is 5. The molecule has 1 N–H and O–H groups in total. The zero-order valence-corrected chi connectivity index (χ0v) is 13.9. The number of rotatable bonds is 4. The van der Waals surface area contributed by atoms with Gasteiger partial charge in [-0.3, -0.25) is 0 Å². The standard InChI is InChI=1S/C15H20N6OS/c1-11-19-20-14(23-11)21-9-15(10-21)4-3-12(8-22-15)7-18-13-16-5-2-6-17-13/h2,5-6,12H,3-4,7-10H2,1H3,(H,16,17,18). The molecule has 0 bridgehead atoms. The summed E-state index contributed by atoms with van der Waals surface area (Å²) in [6.45, 7) is 5.51. The fourth-order valence-corrected chi connectivity index (χ4v) is 3.84. The summed E-state index contributed by atoms with van der Waals surface area (Å²) >= 11 is 1.65. The van der Waals surface area contributed by atoms with Gasteiger partial charge in [-0.2, -0.15) is 0 Å². The second-order valence-electron chi connectivity index (χ2n) is 6.31. The van der Waals surface area contributed by atoms with Crippen LogP contribution in [0.4, 0.5) is 11.1 Å². The lowest BCUT2D eigenvalue weighted by atomic mass is 9.83. The highest BCUT2D eigenvalue weighted by atomic mass is 32.1. The molecule has 2 saturated heterocycles. The lowest BCUT2D eigenvalue weighted by molar-refractivity contribution is -0.113. The topological polar surface area (TPSA) is 76.1 Å². The Kier molecular flexibility index (Phi) is 3.86. The molecule has 1 atom stereocenters. The molecule has 0 saturated carbocycles. The second kappa shape index (κ2) is 6.01. The number of ether oxygens (including phenoxy) is 1. The van der Waals surface area contributed by atoms with Crippen molar-refractivity contribution in [2.75, 3.05) is 36.5 Å². The maximum Gasteiger partial charge on any atom is 0.222 e. The molecule has 4 heterocycles. The van der Waals surface area contributed by atoms with Crippen LogP contribution >= 0.6 is 11.3 Å². The van der Waals surface area contributed by atoms with Gasteiger partial charge in [0.05, 0.1) is 19.7 Å². The molecule has 2 aromatic rings. The number of aryl methyl sites for hydroxylation is 1. The zero-order chi connectivity index (χ0) is 15.7. The number of aromatic nitrogens is 4. The Balaban J connectivity index is 1.24. The SMILES string of the molecule is Cc1nnc(N2CC3(CCC(CNc4ncccn4)CO3)C2)s1. The molecule has 0 amide bonds. The molecule has 4 rings (SSSR count). The molecule has 2 fully saturated rings. The van der Waals surface area contributed by atoms with Crippen molar-refractivity contribution in [3.8, 4) is 0 Å². The minimum absolute atomic E-state index is 0.0271. The van der Waals surface area contributed by atoms with Crippen LogP contribution in [0, 0.1) is 12.8 Å². The highest BCUT2D eigenvalue weighted by Crippen LogP contribution is 2.39. The van der Waals surface area contributed by atoms with Crippen molar-refractivity contribution < 1.29 is 4.74 Å². The molecule has 122 valence electrons. The van der Waals surface area contributed by atoms with Crippen LogP contribution in [0.15, 0.2) is 18.5 Å². The Bertz CT molecular complexity index is 647. The van der Waals surface area contributed by atoms with Gasteiger partial charge in [0.15, 0.2) is 0 Å². The van der Waals surface area contributed by atoms with E-state index in [9.17, 15) is 0 Å². The number of anilines is 2. The van der Waals surface area contributed by atoms with Gasteiger partial charge in [0, 0.05) is 18.9 Å². The van der Waals surface area contributed by atoms with E-state index in [1.165, 1.54) is 6.42 Å². The number of hydrogen-bond donors (Lipinski definition) is 1. The van der Waals surface area contributed by atoms with E-state index in [2.05, 4.69) is 30.4 Å². The fraction of sp³-hybridized carbons (Fsp3) is 0.600. The molecular formula is C15H20N6OS. The van der Waals surface area contributed by atoms with E-state index in [-0.39, 0.29) is 5.60 Å². The van der Waals surface area contributed by atoms with Crippen LogP contribution in [0.5, 0.6) is 0 Å². The van der Waals surface area contributed by atoms with Crippen LogP contribution in [0.2, 0.25) is 0 Å². The lowest BCUT2D eigenvalue weighted by Gasteiger charge is -2.52. The molecule has 2 aliphatic heterocycles. The summed E-state index contributed by atoms with van der Waals surface area (Å²) < 4.78 is 6.19. The molecule has 1 unspecified atom stereocenters. The lowest BCUT2D eigenvalue weighted by Crippen LogP contribution is -2.65. The third-order valence-corrected chi connectivity index (χ3v) is 5.39. The Hall–Kier alpha value is -1.80. The number of hydrogen-bond acceptors (Lipinski definition) is 8. The fourth-order valence-electron chi connectivity index (χ4n) is 3.15. The van der Waals surface area contributed by atoms with Crippen LogP contribution < -0.4 is 10.2 Å². The van der Waals surface area contributed by atoms with Crippen LogP contribution in [0.1, 0.15) is 17.8 Å². The summed E-state index contributed by atoms with van der Waals surface area (Å²) in [7, 11) is 0. The van der Waals surface area contributed by atoms with Crippen molar-refractivity contribution in [1.29, 1.82) is 0 Å². The van der Waals surface area contributed by atoms with Crippen molar-refractivity contribution in [3.63, 3.8) is 0 Å². The first-order valence-corrected chi connectivity index (χ1v) is 8.74. The maximum absolute atomic E-state index is 6.19. The van der Waals surface area contributed by atoms with Crippen molar-refractivity contribution in [3.05, 3.63) is 23.5 Å². The zero-order valence-electron chi connectivity index (χ0n) is 13.1. The van der Waals surface area contributed by atoms with Gasteiger partial charge in [-0.1, -0.05) is 11.3 Å². The molecule has 2 aliphatic rings. The molecule has 8 heteroatoms. The van der Waals surface area contributed by atoms with Gasteiger partial charge < -0.3 is 15.0 Å². The van der Waals surface area contributed by atoms with Crippen LogP contribution in [0.25, 0.3) is 0 Å². The monoisotopic (exact) mass is 332 g/mol. The van der Waals surface area contributed by atoms with Crippen LogP contribution in [-0.4, -0.2) is 52.0 Å². The van der Waals surface area contributed by atoms with E-state index < -0.39 is 0 Å². The first kappa shape index (κ1) is 14.8. The van der Waals surface area contributed by atoms with Gasteiger partial charge in [-0.15, -0.1) is 10.2 Å². The molecule has 2 aromatic heterocycles. The minimum Gasteiger partial charge on any atom is -0.371 e. The second-order valence-corrected chi connectivity index (χ2v) is 7.47. The smallest absolute Gasteiger partial charge is 0.222 e. The summed E-state index contributed by atoms with van der Waals surface area (Å²) in [4.78, 5) is 10.6. The summed E-state index contributed by atoms with van der Waals surface area (Å²) in [6.07, 6.45) is 5.77. The normalized spacial score (nSPS) is 22.8. The Labute approximate surface area is 139 Å². The van der Waals surface area contributed by atoms with E-state index in [1.807, 2.05) is 13.0 Å². The molecular weight excluding hydrogens is 312 g/mol. The van der Waals surface area contributed by atoms with Crippen molar-refractivity contribution in [2.45, 2.75) is 25.4 Å². The first-order chi connectivity index (χ1) is 11.2. The molecule has 1 spiro atoms. The van der Waals surface area contributed by atoms with E-state index >= 15 is 0 Å². The van der Waals surface area contributed by atoms with E-state index in [1.54, 1.807) is 23.7 Å². The van der Waals surface area contributed by atoms with Gasteiger partial charge in [0.1, 0.15) is 10.6 Å². The molecule has 0 aliphatic carbocycles. The van der Waals surface area contributed by atoms with Gasteiger partial charge in [-0.05, 0) is 31.7 Å². The molecule has 0 radical (unpaired) electrons. The summed E-state index contributed by atoms with van der Waals surface area (Å²) in [6, 6.07) is 1.82. The molecule has 7 nitrogen and oxygen atoms in total. The average molecular weight is 332 g/mol. The van der Waals surface area contributed by atoms with Crippen molar-refractivity contribution in [1.82, 2.24) is 20.2 Å². The van der Waals surface area contributed by atoms with Gasteiger partial charge in [-0.25, -0.2) is 9.97 Å². The summed E-state index contributed by atoms with van der Waals surface area (Å²) in [5.74, 6) is 1.21. The van der Waals surface area contributed by atoms with Gasteiger partial charge in [0.2, 0.25) is 11.1 Å².